The van der Waals surface area contributed by atoms with Crippen LogP contribution in [-0.4, -0.2) is 17.5 Å². The Morgan fingerprint density at radius 1 is 1.42 bits per heavy atom. The summed E-state index contributed by atoms with van der Waals surface area (Å²) in [5, 5.41) is 10.8. The predicted molar refractivity (Wildman–Crippen MR) is 76.6 cm³/mol. The molecule has 1 rings (SSSR count). The molecule has 0 unspecified atom stereocenters. The van der Waals surface area contributed by atoms with E-state index < -0.39 is 15.5 Å². The van der Waals surface area contributed by atoms with Gasteiger partial charge in [-0.05, 0) is 26.0 Å². The predicted octanol–water partition coefficient (Wildman–Crippen LogP) is 3.49. The molecule has 0 aromatic heterocycles. The van der Waals surface area contributed by atoms with Gasteiger partial charge in [0.05, 0.1) is 11.5 Å². The summed E-state index contributed by atoms with van der Waals surface area (Å²) in [5.74, 6) is -0.711. The number of aryl methyl sites for hydroxylation is 1. The first-order chi connectivity index (χ1) is 8.95. The van der Waals surface area contributed by atoms with E-state index in [9.17, 15) is 14.9 Å². The summed E-state index contributed by atoms with van der Waals surface area (Å²) in [7, 11) is 0. The molecular weight excluding hydrogens is 334 g/mol. The molecule has 7 heteroatoms. The molecule has 0 fully saturated rings. The summed E-state index contributed by atoms with van der Waals surface area (Å²) in [6.07, 6.45) is 0. The second-order valence-electron chi connectivity index (χ2n) is 3.51. The first kappa shape index (κ1) is 15.7. The van der Waals surface area contributed by atoms with E-state index in [0.717, 1.165) is 22.2 Å². The highest BCUT2D eigenvalue weighted by molar-refractivity contribution is 9.11. The number of halogens is 1. The van der Waals surface area contributed by atoms with Gasteiger partial charge >= 0.3 is 10.6 Å². The first-order valence-electron chi connectivity index (χ1n) is 5.41. The van der Waals surface area contributed by atoms with Crippen molar-refractivity contribution in [2.24, 2.45) is 0 Å². The van der Waals surface area contributed by atoms with E-state index in [1.54, 1.807) is 19.1 Å². The number of nitro groups is 1. The highest BCUT2D eigenvalue weighted by Gasteiger charge is 2.24. The Kier molecular flexibility index (Phi) is 6.04. The molecule has 1 aromatic rings. The number of hydrogen-bond acceptors (Lipinski definition) is 5. The standard InChI is InChI=1S/C12H12BrNO4S/c1-3-18-12(15)10(11(13)14(16)17)19-9-6-4-8(2)5-7-9/h4-7H,3H2,1-2H3. The van der Waals surface area contributed by atoms with Crippen LogP contribution in [0.2, 0.25) is 0 Å². The quantitative estimate of drug-likeness (QED) is 0.204. The van der Waals surface area contributed by atoms with Gasteiger partial charge in [-0.25, -0.2) is 4.79 Å². The van der Waals surface area contributed by atoms with Gasteiger partial charge in [0.1, 0.15) is 0 Å². The molecule has 0 saturated carbocycles. The molecule has 1 aromatic carbocycles. The molecule has 0 radical (unpaired) electrons. The Hall–Kier alpha value is -1.34. The molecule has 102 valence electrons. The lowest BCUT2D eigenvalue weighted by atomic mass is 10.2. The highest BCUT2D eigenvalue weighted by atomic mass is 79.9. The van der Waals surface area contributed by atoms with Gasteiger partial charge in [0.15, 0.2) is 4.91 Å². The fourth-order valence-corrected chi connectivity index (χ4v) is 2.39. The van der Waals surface area contributed by atoms with Crippen LogP contribution in [0, 0.1) is 17.0 Å². The van der Waals surface area contributed by atoms with Crippen molar-refractivity contribution in [3.05, 3.63) is 49.5 Å². The van der Waals surface area contributed by atoms with Crippen molar-refractivity contribution in [1.29, 1.82) is 0 Å². The molecule has 0 spiro atoms. The van der Waals surface area contributed by atoms with Gasteiger partial charge in [0.25, 0.3) is 0 Å². The maximum absolute atomic E-state index is 11.7. The number of rotatable bonds is 5. The Balaban J connectivity index is 3.05. The molecular formula is C12H12BrNO4S. The van der Waals surface area contributed by atoms with Crippen LogP contribution in [0.1, 0.15) is 12.5 Å². The minimum atomic E-state index is -0.711. The summed E-state index contributed by atoms with van der Waals surface area (Å²) in [6.45, 7) is 3.74. The smallest absolute Gasteiger partial charge is 0.352 e. The summed E-state index contributed by atoms with van der Waals surface area (Å²) < 4.78 is 4.43. The monoisotopic (exact) mass is 345 g/mol. The molecule has 0 saturated heterocycles. The van der Waals surface area contributed by atoms with Crippen LogP contribution in [0.4, 0.5) is 0 Å². The van der Waals surface area contributed by atoms with E-state index >= 15 is 0 Å². The number of thioether (sulfide) groups is 1. The summed E-state index contributed by atoms with van der Waals surface area (Å²) in [4.78, 5) is 22.5. The van der Waals surface area contributed by atoms with Crippen molar-refractivity contribution in [3.8, 4) is 0 Å². The van der Waals surface area contributed by atoms with Gasteiger partial charge < -0.3 is 4.74 Å². The Morgan fingerprint density at radius 3 is 2.47 bits per heavy atom. The average Bonchev–Trinajstić information content (AvgIpc) is 2.37. The van der Waals surface area contributed by atoms with Crippen LogP contribution in [0.15, 0.2) is 38.7 Å². The van der Waals surface area contributed by atoms with Crippen molar-refractivity contribution in [2.75, 3.05) is 6.61 Å². The van der Waals surface area contributed by atoms with Crippen molar-refractivity contribution >= 4 is 33.7 Å². The van der Waals surface area contributed by atoms with Crippen LogP contribution >= 0.6 is 27.7 Å². The van der Waals surface area contributed by atoms with E-state index in [2.05, 4.69) is 15.9 Å². The minimum absolute atomic E-state index is 0.0734. The van der Waals surface area contributed by atoms with Gasteiger partial charge in [-0.15, -0.1) is 0 Å². The zero-order valence-corrected chi connectivity index (χ0v) is 12.8. The maximum atomic E-state index is 11.7. The normalized spacial score (nSPS) is 11.7. The Morgan fingerprint density at radius 2 is 2.00 bits per heavy atom. The number of benzene rings is 1. The molecule has 19 heavy (non-hydrogen) atoms. The first-order valence-corrected chi connectivity index (χ1v) is 7.02. The second-order valence-corrected chi connectivity index (χ2v) is 5.35. The number of nitrogens with zero attached hydrogens (tertiary/aromatic N) is 1. The largest absolute Gasteiger partial charge is 0.462 e. The fraction of sp³-hybridized carbons (Fsp3) is 0.250. The third kappa shape index (κ3) is 4.68. The van der Waals surface area contributed by atoms with Gasteiger partial charge in [0, 0.05) is 20.8 Å². The third-order valence-corrected chi connectivity index (χ3v) is 4.07. The average molecular weight is 346 g/mol. The van der Waals surface area contributed by atoms with Gasteiger partial charge in [-0.3, -0.25) is 10.1 Å². The van der Waals surface area contributed by atoms with Gasteiger partial charge in [0.2, 0.25) is 0 Å². The number of carbonyl (C=O) groups excluding carboxylic acids is 1. The van der Waals surface area contributed by atoms with Crippen molar-refractivity contribution in [1.82, 2.24) is 0 Å². The number of ether oxygens (including phenoxy) is 1. The fourth-order valence-electron chi connectivity index (χ4n) is 1.17. The summed E-state index contributed by atoms with van der Waals surface area (Å²) in [6, 6.07) is 7.31. The zero-order valence-electron chi connectivity index (χ0n) is 10.4. The zero-order chi connectivity index (χ0) is 14.4. The SMILES string of the molecule is CCOC(=O)C(Sc1ccc(C)cc1)=C(Br)[N+](=O)[O-]. The van der Waals surface area contributed by atoms with Crippen LogP contribution in [0.25, 0.3) is 0 Å². The molecule has 0 atom stereocenters. The van der Waals surface area contributed by atoms with Crippen molar-refractivity contribution < 1.29 is 14.5 Å². The lowest BCUT2D eigenvalue weighted by molar-refractivity contribution is -0.409. The summed E-state index contributed by atoms with van der Waals surface area (Å²) in [5.41, 5.74) is 1.07. The molecule has 0 aliphatic carbocycles. The van der Waals surface area contributed by atoms with E-state index in [1.807, 2.05) is 19.1 Å². The molecule has 0 bridgehead atoms. The molecule has 0 aliphatic heterocycles. The molecule has 0 amide bonds. The number of hydrogen-bond donors (Lipinski definition) is 0. The Bertz CT molecular complexity index is 513. The molecule has 0 heterocycles. The number of carbonyl (C=O) groups is 1. The number of esters is 1. The van der Waals surface area contributed by atoms with E-state index in [-0.39, 0.29) is 11.5 Å². The Labute approximate surface area is 123 Å². The van der Waals surface area contributed by atoms with Crippen molar-refractivity contribution in [2.45, 2.75) is 18.7 Å². The summed E-state index contributed by atoms with van der Waals surface area (Å²) >= 11 is 3.81. The van der Waals surface area contributed by atoms with Gasteiger partial charge in [-0.1, -0.05) is 29.5 Å². The maximum Gasteiger partial charge on any atom is 0.352 e. The van der Waals surface area contributed by atoms with Gasteiger partial charge in [-0.2, -0.15) is 0 Å². The molecule has 5 nitrogen and oxygen atoms in total. The third-order valence-electron chi connectivity index (χ3n) is 2.05. The van der Waals surface area contributed by atoms with Crippen molar-refractivity contribution in [3.63, 3.8) is 0 Å². The van der Waals surface area contributed by atoms with E-state index in [0.29, 0.717) is 0 Å². The topological polar surface area (TPSA) is 69.4 Å². The second kappa shape index (κ2) is 7.30. The van der Waals surface area contributed by atoms with Crippen LogP contribution in [-0.2, 0) is 9.53 Å². The highest BCUT2D eigenvalue weighted by Crippen LogP contribution is 2.32. The van der Waals surface area contributed by atoms with Crippen LogP contribution < -0.4 is 0 Å². The molecule has 0 aliphatic rings. The van der Waals surface area contributed by atoms with E-state index in [1.165, 1.54) is 0 Å². The van der Waals surface area contributed by atoms with Crippen LogP contribution in [0.3, 0.4) is 0 Å². The minimum Gasteiger partial charge on any atom is -0.462 e. The molecule has 0 N–H and O–H groups in total. The van der Waals surface area contributed by atoms with E-state index in [4.69, 9.17) is 4.74 Å². The lowest BCUT2D eigenvalue weighted by Crippen LogP contribution is -2.09. The van der Waals surface area contributed by atoms with Crippen LogP contribution in [0.5, 0.6) is 0 Å². The lowest BCUT2D eigenvalue weighted by Gasteiger charge is -2.06.